The Labute approximate surface area is 116 Å². The number of benzene rings is 1. The first kappa shape index (κ1) is 13.9. The summed E-state index contributed by atoms with van der Waals surface area (Å²) in [7, 11) is 2.03. The van der Waals surface area contributed by atoms with Crippen LogP contribution in [0.5, 0.6) is 0 Å². The van der Waals surface area contributed by atoms with E-state index < -0.39 is 0 Å². The van der Waals surface area contributed by atoms with Crippen LogP contribution in [0.2, 0.25) is 5.02 Å². The lowest BCUT2D eigenvalue weighted by Gasteiger charge is -2.44. The summed E-state index contributed by atoms with van der Waals surface area (Å²) < 4.78 is 0. The van der Waals surface area contributed by atoms with Gasteiger partial charge in [-0.15, -0.1) is 0 Å². The van der Waals surface area contributed by atoms with Crippen molar-refractivity contribution in [2.24, 2.45) is 5.92 Å². The van der Waals surface area contributed by atoms with Crippen LogP contribution in [0.25, 0.3) is 0 Å². The second-order valence-electron chi connectivity index (χ2n) is 5.84. The van der Waals surface area contributed by atoms with Gasteiger partial charge >= 0.3 is 0 Å². The Morgan fingerprint density at radius 3 is 2.44 bits per heavy atom. The molecular formula is C16H24ClN. The van der Waals surface area contributed by atoms with E-state index in [1.54, 1.807) is 0 Å². The summed E-state index contributed by atoms with van der Waals surface area (Å²) in [6.07, 6.45) is 6.65. The lowest BCUT2D eigenvalue weighted by molar-refractivity contribution is 0.190. The first-order valence-corrected chi connectivity index (χ1v) is 7.45. The highest BCUT2D eigenvalue weighted by Crippen LogP contribution is 2.48. The lowest BCUT2D eigenvalue weighted by Crippen LogP contribution is -2.36. The third kappa shape index (κ3) is 3.07. The van der Waals surface area contributed by atoms with Gasteiger partial charge in [0, 0.05) is 5.02 Å². The summed E-state index contributed by atoms with van der Waals surface area (Å²) in [6.45, 7) is 3.51. The van der Waals surface area contributed by atoms with Crippen molar-refractivity contribution in [3.05, 3.63) is 34.9 Å². The third-order valence-corrected chi connectivity index (χ3v) is 4.65. The van der Waals surface area contributed by atoms with E-state index in [0.717, 1.165) is 17.5 Å². The number of nitrogens with one attached hydrogen (secondary N) is 1. The van der Waals surface area contributed by atoms with Crippen molar-refractivity contribution in [2.45, 2.75) is 44.4 Å². The van der Waals surface area contributed by atoms with Gasteiger partial charge in [-0.2, -0.15) is 0 Å². The highest BCUT2D eigenvalue weighted by Gasteiger charge is 2.39. The number of hydrogen-bond donors (Lipinski definition) is 1. The van der Waals surface area contributed by atoms with Crippen LogP contribution in [0.4, 0.5) is 0 Å². The topological polar surface area (TPSA) is 12.0 Å². The summed E-state index contributed by atoms with van der Waals surface area (Å²) in [5.74, 6) is 0.786. The number of hydrogen-bond acceptors (Lipinski definition) is 1. The molecule has 0 saturated heterocycles. The molecule has 0 heterocycles. The first-order chi connectivity index (χ1) is 8.66. The molecular weight excluding hydrogens is 242 g/mol. The fourth-order valence-corrected chi connectivity index (χ4v) is 3.30. The predicted molar refractivity (Wildman–Crippen MR) is 79.3 cm³/mol. The van der Waals surface area contributed by atoms with Crippen LogP contribution in [-0.4, -0.2) is 13.6 Å². The predicted octanol–water partition coefficient (Wildman–Crippen LogP) is 4.40. The second kappa shape index (κ2) is 6.08. The van der Waals surface area contributed by atoms with Gasteiger partial charge in [0.2, 0.25) is 0 Å². The second-order valence-corrected chi connectivity index (χ2v) is 6.28. The fourth-order valence-electron chi connectivity index (χ4n) is 3.18. The van der Waals surface area contributed by atoms with Gasteiger partial charge in [0.1, 0.15) is 0 Å². The van der Waals surface area contributed by atoms with Gasteiger partial charge < -0.3 is 5.32 Å². The fraction of sp³-hybridized carbons (Fsp3) is 0.625. The maximum Gasteiger partial charge on any atom is 0.0406 e. The largest absolute Gasteiger partial charge is 0.320 e. The Morgan fingerprint density at radius 1 is 1.28 bits per heavy atom. The van der Waals surface area contributed by atoms with Crippen LogP contribution in [0.1, 0.15) is 44.6 Å². The highest BCUT2D eigenvalue weighted by atomic mass is 35.5. The van der Waals surface area contributed by atoms with Crippen molar-refractivity contribution in [1.29, 1.82) is 0 Å². The van der Waals surface area contributed by atoms with Gasteiger partial charge in [0.05, 0.1) is 0 Å². The number of halogens is 1. The lowest BCUT2D eigenvalue weighted by atomic mass is 9.60. The molecule has 2 rings (SSSR count). The van der Waals surface area contributed by atoms with Gasteiger partial charge in [0.15, 0.2) is 0 Å². The summed E-state index contributed by atoms with van der Waals surface area (Å²) in [4.78, 5) is 0. The Hall–Kier alpha value is -0.530. The maximum atomic E-state index is 5.99. The average Bonchev–Trinajstić information content (AvgIpc) is 2.32. The van der Waals surface area contributed by atoms with E-state index >= 15 is 0 Å². The molecule has 0 amide bonds. The molecule has 2 heteroatoms. The van der Waals surface area contributed by atoms with Crippen molar-refractivity contribution in [2.75, 3.05) is 13.6 Å². The van der Waals surface area contributed by atoms with Crippen molar-refractivity contribution >= 4 is 11.6 Å². The molecule has 0 radical (unpaired) electrons. The highest BCUT2D eigenvalue weighted by molar-refractivity contribution is 6.30. The van der Waals surface area contributed by atoms with Gasteiger partial charge in [-0.3, -0.25) is 0 Å². The van der Waals surface area contributed by atoms with E-state index in [2.05, 4.69) is 24.4 Å². The van der Waals surface area contributed by atoms with E-state index in [-0.39, 0.29) is 0 Å². The molecule has 0 aliphatic heterocycles. The molecule has 1 saturated carbocycles. The molecule has 1 fully saturated rings. The molecule has 1 aromatic rings. The summed E-state index contributed by atoms with van der Waals surface area (Å²) in [5.41, 5.74) is 1.94. The van der Waals surface area contributed by atoms with E-state index in [1.807, 2.05) is 19.2 Å². The molecule has 1 aliphatic rings. The Morgan fingerprint density at radius 2 is 1.94 bits per heavy atom. The Balaban J connectivity index is 2.04. The van der Waals surface area contributed by atoms with Crippen molar-refractivity contribution in [3.63, 3.8) is 0 Å². The normalized spacial score (nSPS) is 19.3. The molecule has 18 heavy (non-hydrogen) atoms. The van der Waals surface area contributed by atoms with Gasteiger partial charge in [-0.05, 0) is 68.3 Å². The van der Waals surface area contributed by atoms with Crippen molar-refractivity contribution in [1.82, 2.24) is 5.32 Å². The zero-order valence-electron chi connectivity index (χ0n) is 11.5. The van der Waals surface area contributed by atoms with Crippen LogP contribution in [0, 0.1) is 5.92 Å². The minimum absolute atomic E-state index is 0.442. The van der Waals surface area contributed by atoms with Crippen LogP contribution in [0.15, 0.2) is 24.3 Å². The molecule has 1 N–H and O–H groups in total. The minimum atomic E-state index is 0.442. The third-order valence-electron chi connectivity index (χ3n) is 4.39. The van der Waals surface area contributed by atoms with E-state index in [0.29, 0.717) is 5.41 Å². The molecule has 1 nitrogen and oxygen atoms in total. The minimum Gasteiger partial charge on any atom is -0.320 e. The van der Waals surface area contributed by atoms with Crippen molar-refractivity contribution < 1.29 is 0 Å². The van der Waals surface area contributed by atoms with Crippen molar-refractivity contribution in [3.8, 4) is 0 Å². The molecule has 0 spiro atoms. The van der Waals surface area contributed by atoms with Crippen LogP contribution in [0.3, 0.4) is 0 Å². The smallest absolute Gasteiger partial charge is 0.0406 e. The molecule has 1 unspecified atom stereocenters. The Kier molecular flexibility index (Phi) is 4.69. The van der Waals surface area contributed by atoms with Gasteiger partial charge in [-0.1, -0.05) is 37.1 Å². The molecule has 1 atom stereocenters. The van der Waals surface area contributed by atoms with E-state index in [9.17, 15) is 0 Å². The molecule has 0 bridgehead atoms. The zero-order valence-corrected chi connectivity index (χ0v) is 12.3. The molecule has 1 aliphatic carbocycles. The van der Waals surface area contributed by atoms with Crippen LogP contribution in [-0.2, 0) is 5.41 Å². The summed E-state index contributed by atoms with van der Waals surface area (Å²) >= 11 is 5.99. The maximum absolute atomic E-state index is 5.99. The molecule has 0 aromatic heterocycles. The summed E-state index contributed by atoms with van der Waals surface area (Å²) in [6, 6.07) is 8.53. The molecule has 1 aromatic carbocycles. The van der Waals surface area contributed by atoms with Gasteiger partial charge in [0.25, 0.3) is 0 Å². The van der Waals surface area contributed by atoms with Crippen LogP contribution < -0.4 is 5.32 Å². The summed E-state index contributed by atoms with van der Waals surface area (Å²) in [5, 5.41) is 4.09. The zero-order chi connectivity index (χ0) is 13.0. The van der Waals surface area contributed by atoms with Gasteiger partial charge in [-0.25, -0.2) is 0 Å². The Bertz CT molecular complexity index is 367. The molecule has 100 valence electrons. The van der Waals surface area contributed by atoms with Crippen LogP contribution >= 0.6 is 11.6 Å². The standard InChI is InChI=1S/C16H24ClN/c1-13(8-11-18-2)12-16(9-3-10-16)14-4-6-15(17)7-5-14/h4-7,13,18H,3,8-12H2,1-2H3. The van der Waals surface area contributed by atoms with E-state index in [1.165, 1.54) is 37.7 Å². The average molecular weight is 266 g/mol. The number of rotatable bonds is 6. The first-order valence-electron chi connectivity index (χ1n) is 7.07. The SMILES string of the molecule is CNCCC(C)CC1(c2ccc(Cl)cc2)CCC1. The quantitative estimate of drug-likeness (QED) is 0.804. The monoisotopic (exact) mass is 265 g/mol. The van der Waals surface area contributed by atoms with E-state index in [4.69, 9.17) is 11.6 Å².